The van der Waals surface area contributed by atoms with Gasteiger partial charge in [0, 0.05) is 6.04 Å². The minimum atomic E-state index is -0.279. The van der Waals surface area contributed by atoms with E-state index in [0.29, 0.717) is 18.0 Å². The van der Waals surface area contributed by atoms with Crippen molar-refractivity contribution >= 4 is 11.6 Å². The average Bonchev–Trinajstić information content (AvgIpc) is 2.51. The van der Waals surface area contributed by atoms with Crippen LogP contribution in [0.4, 0.5) is 4.39 Å². The van der Waals surface area contributed by atoms with Gasteiger partial charge >= 0.3 is 0 Å². The maximum Gasteiger partial charge on any atom is 0.144 e. The summed E-state index contributed by atoms with van der Waals surface area (Å²) in [5, 5.41) is 3.70. The largest absolute Gasteiger partial charge is 0.310 e. The second-order valence-corrected chi connectivity index (χ2v) is 5.53. The fourth-order valence-electron chi connectivity index (χ4n) is 2.56. The SMILES string of the molecule is CCNC(CCCc1cccc(Cl)c1F)c1ccccc1. The van der Waals surface area contributed by atoms with E-state index in [2.05, 4.69) is 36.5 Å². The lowest BCUT2D eigenvalue weighted by Crippen LogP contribution is -2.21. The molecule has 0 amide bonds. The van der Waals surface area contributed by atoms with Crippen LogP contribution in [0.3, 0.4) is 0 Å². The van der Waals surface area contributed by atoms with Crippen molar-refractivity contribution in [2.45, 2.75) is 32.2 Å². The van der Waals surface area contributed by atoms with E-state index in [1.165, 1.54) is 5.56 Å². The Balaban J connectivity index is 1.95. The highest BCUT2D eigenvalue weighted by Crippen LogP contribution is 2.22. The molecular formula is C18H21ClFN. The Hall–Kier alpha value is -1.38. The molecule has 1 nitrogen and oxygen atoms in total. The molecule has 0 radical (unpaired) electrons. The fraction of sp³-hybridized carbons (Fsp3) is 0.333. The van der Waals surface area contributed by atoms with Crippen LogP contribution >= 0.6 is 11.6 Å². The van der Waals surface area contributed by atoms with Crippen LogP contribution in [-0.2, 0) is 6.42 Å². The first kappa shape index (κ1) is 16.0. The number of rotatable bonds is 7. The summed E-state index contributed by atoms with van der Waals surface area (Å²) in [6.45, 7) is 3.03. The molecule has 0 aliphatic rings. The molecule has 2 aromatic carbocycles. The quantitative estimate of drug-likeness (QED) is 0.745. The predicted molar refractivity (Wildman–Crippen MR) is 87.2 cm³/mol. The minimum absolute atomic E-state index is 0.207. The van der Waals surface area contributed by atoms with E-state index >= 15 is 0 Å². The van der Waals surface area contributed by atoms with Crippen molar-refractivity contribution in [3.8, 4) is 0 Å². The molecular weight excluding hydrogens is 285 g/mol. The van der Waals surface area contributed by atoms with Gasteiger partial charge in [0.2, 0.25) is 0 Å². The van der Waals surface area contributed by atoms with Crippen molar-refractivity contribution in [3.05, 3.63) is 70.5 Å². The Labute approximate surface area is 131 Å². The summed E-state index contributed by atoms with van der Waals surface area (Å²) in [4.78, 5) is 0. The van der Waals surface area contributed by atoms with E-state index < -0.39 is 0 Å². The van der Waals surface area contributed by atoms with E-state index in [9.17, 15) is 4.39 Å². The number of benzene rings is 2. The molecule has 0 saturated heterocycles. The second-order valence-electron chi connectivity index (χ2n) is 5.13. The Morgan fingerprint density at radius 2 is 1.86 bits per heavy atom. The summed E-state index contributed by atoms with van der Waals surface area (Å²) in [7, 11) is 0. The Bertz CT molecular complexity index is 556. The molecule has 0 heterocycles. The van der Waals surface area contributed by atoms with Gasteiger partial charge in [0.1, 0.15) is 5.82 Å². The topological polar surface area (TPSA) is 12.0 Å². The predicted octanol–water partition coefficient (Wildman–Crippen LogP) is 5.15. The molecule has 0 bridgehead atoms. The highest BCUT2D eigenvalue weighted by Gasteiger charge is 2.11. The van der Waals surface area contributed by atoms with E-state index in [-0.39, 0.29) is 10.8 Å². The van der Waals surface area contributed by atoms with Gasteiger partial charge in [-0.15, -0.1) is 0 Å². The van der Waals surface area contributed by atoms with E-state index in [1.54, 1.807) is 12.1 Å². The molecule has 0 aliphatic heterocycles. The van der Waals surface area contributed by atoms with Crippen LogP contribution in [0.15, 0.2) is 48.5 Å². The lowest BCUT2D eigenvalue weighted by Gasteiger charge is -2.18. The average molecular weight is 306 g/mol. The molecule has 1 N–H and O–H groups in total. The first-order chi connectivity index (χ1) is 10.2. The monoisotopic (exact) mass is 305 g/mol. The zero-order valence-electron chi connectivity index (χ0n) is 12.3. The summed E-state index contributed by atoms with van der Waals surface area (Å²) in [5.41, 5.74) is 1.98. The van der Waals surface area contributed by atoms with E-state index in [0.717, 1.165) is 19.4 Å². The minimum Gasteiger partial charge on any atom is -0.310 e. The van der Waals surface area contributed by atoms with Crippen molar-refractivity contribution in [2.75, 3.05) is 6.54 Å². The molecule has 2 aromatic rings. The van der Waals surface area contributed by atoms with Crippen LogP contribution < -0.4 is 5.32 Å². The molecule has 0 aromatic heterocycles. The Morgan fingerprint density at radius 1 is 1.10 bits per heavy atom. The Kier molecular flexibility index (Phi) is 6.21. The molecule has 0 fully saturated rings. The van der Waals surface area contributed by atoms with Crippen molar-refractivity contribution < 1.29 is 4.39 Å². The molecule has 112 valence electrons. The van der Waals surface area contributed by atoms with Gasteiger partial charge in [-0.1, -0.05) is 61.0 Å². The second kappa shape index (κ2) is 8.16. The summed E-state index contributed by atoms with van der Waals surface area (Å²) in [6.07, 6.45) is 2.61. The molecule has 3 heteroatoms. The third-order valence-corrected chi connectivity index (χ3v) is 3.91. The van der Waals surface area contributed by atoms with Gasteiger partial charge < -0.3 is 5.32 Å². The van der Waals surface area contributed by atoms with Gasteiger partial charge in [-0.25, -0.2) is 4.39 Å². The van der Waals surface area contributed by atoms with Crippen molar-refractivity contribution in [1.82, 2.24) is 5.32 Å². The molecule has 0 saturated carbocycles. The molecule has 1 atom stereocenters. The van der Waals surface area contributed by atoms with Gasteiger partial charge in [-0.3, -0.25) is 0 Å². The molecule has 1 unspecified atom stereocenters. The van der Waals surface area contributed by atoms with Crippen LogP contribution in [-0.4, -0.2) is 6.54 Å². The highest BCUT2D eigenvalue weighted by molar-refractivity contribution is 6.30. The van der Waals surface area contributed by atoms with Crippen LogP contribution in [0.25, 0.3) is 0 Å². The van der Waals surface area contributed by atoms with Crippen molar-refractivity contribution in [3.63, 3.8) is 0 Å². The van der Waals surface area contributed by atoms with Crippen LogP contribution in [0.5, 0.6) is 0 Å². The number of halogens is 2. The summed E-state index contributed by atoms with van der Waals surface area (Å²) < 4.78 is 13.8. The highest BCUT2D eigenvalue weighted by atomic mass is 35.5. The lowest BCUT2D eigenvalue weighted by atomic mass is 9.99. The zero-order chi connectivity index (χ0) is 15.1. The van der Waals surface area contributed by atoms with E-state index in [1.807, 2.05) is 12.1 Å². The summed E-state index contributed by atoms with van der Waals surface area (Å²) >= 11 is 5.81. The van der Waals surface area contributed by atoms with Gasteiger partial charge in [0.15, 0.2) is 0 Å². The van der Waals surface area contributed by atoms with Crippen LogP contribution in [0.2, 0.25) is 5.02 Å². The van der Waals surface area contributed by atoms with Crippen molar-refractivity contribution in [2.24, 2.45) is 0 Å². The standard InChI is InChI=1S/C18H21ClFN/c1-2-21-17(14-8-4-3-5-9-14)13-7-11-15-10-6-12-16(19)18(15)20/h3-6,8-10,12,17,21H,2,7,11,13H2,1H3. The van der Waals surface area contributed by atoms with Crippen molar-refractivity contribution in [1.29, 1.82) is 0 Å². The van der Waals surface area contributed by atoms with Gasteiger partial charge in [-0.05, 0) is 43.0 Å². The number of hydrogen-bond donors (Lipinski definition) is 1. The fourth-order valence-corrected chi connectivity index (χ4v) is 2.75. The molecule has 0 spiro atoms. The molecule has 21 heavy (non-hydrogen) atoms. The number of nitrogens with one attached hydrogen (secondary N) is 1. The van der Waals surface area contributed by atoms with Gasteiger partial charge in [0.25, 0.3) is 0 Å². The molecule has 2 rings (SSSR count). The smallest absolute Gasteiger partial charge is 0.144 e. The maximum atomic E-state index is 13.8. The molecule has 0 aliphatic carbocycles. The Morgan fingerprint density at radius 3 is 2.57 bits per heavy atom. The summed E-state index contributed by atoms with van der Waals surface area (Å²) in [6, 6.07) is 15.9. The van der Waals surface area contributed by atoms with Crippen LogP contribution in [0.1, 0.15) is 36.9 Å². The normalized spacial score (nSPS) is 12.3. The van der Waals surface area contributed by atoms with Gasteiger partial charge in [-0.2, -0.15) is 0 Å². The first-order valence-corrected chi connectivity index (χ1v) is 7.81. The lowest BCUT2D eigenvalue weighted by molar-refractivity contribution is 0.494. The van der Waals surface area contributed by atoms with E-state index in [4.69, 9.17) is 11.6 Å². The summed E-state index contributed by atoms with van der Waals surface area (Å²) in [5.74, 6) is -0.279. The zero-order valence-corrected chi connectivity index (χ0v) is 13.0. The first-order valence-electron chi connectivity index (χ1n) is 7.43. The van der Waals surface area contributed by atoms with Crippen LogP contribution in [0, 0.1) is 5.82 Å². The third kappa shape index (κ3) is 4.55. The number of hydrogen-bond acceptors (Lipinski definition) is 1. The maximum absolute atomic E-state index is 13.8. The van der Waals surface area contributed by atoms with Gasteiger partial charge in [0.05, 0.1) is 5.02 Å². The third-order valence-electron chi connectivity index (χ3n) is 3.62. The number of aryl methyl sites for hydroxylation is 1.